The van der Waals surface area contributed by atoms with Gasteiger partial charge < -0.3 is 9.30 Å². The van der Waals surface area contributed by atoms with Gasteiger partial charge in [-0.3, -0.25) is 4.79 Å². The number of benzene rings is 2. The second kappa shape index (κ2) is 8.50. The lowest BCUT2D eigenvalue weighted by atomic mass is 10.2. The van der Waals surface area contributed by atoms with E-state index in [4.69, 9.17) is 4.74 Å². The molecule has 2 aromatic carbocycles. The molecular formula is C19H20N2O4S3. The molecule has 1 aromatic heterocycles. The zero-order valence-corrected chi connectivity index (χ0v) is 18.2. The molecule has 3 aromatic rings. The molecule has 28 heavy (non-hydrogen) atoms. The first kappa shape index (κ1) is 20.6. The number of methoxy groups -OCH3 is 1. The summed E-state index contributed by atoms with van der Waals surface area (Å²) in [5.41, 5.74) is 1.20. The summed E-state index contributed by atoms with van der Waals surface area (Å²) in [6.45, 7) is 0.698. The van der Waals surface area contributed by atoms with E-state index in [0.29, 0.717) is 11.3 Å². The van der Waals surface area contributed by atoms with Gasteiger partial charge >= 0.3 is 0 Å². The molecule has 0 spiro atoms. The second-order valence-corrected chi connectivity index (χ2v) is 10.1. The van der Waals surface area contributed by atoms with E-state index in [0.717, 1.165) is 28.0 Å². The average molecular weight is 437 g/mol. The predicted molar refractivity (Wildman–Crippen MR) is 114 cm³/mol. The number of ether oxygens (including phenoxy) is 1. The Labute approximate surface area is 171 Å². The zero-order chi connectivity index (χ0) is 20.3. The van der Waals surface area contributed by atoms with Crippen molar-refractivity contribution in [3.8, 4) is 5.75 Å². The Bertz CT molecular complexity index is 1190. The number of nitrogens with zero attached hydrogens (tertiary/aromatic N) is 2. The summed E-state index contributed by atoms with van der Waals surface area (Å²) in [7, 11) is -1.78. The third-order valence-corrected chi connectivity index (χ3v) is 6.87. The largest absolute Gasteiger partial charge is 0.497 e. The number of thioether (sulfide) groups is 1. The first-order valence-corrected chi connectivity index (χ1v) is 12.5. The molecule has 0 bridgehead atoms. The number of hydrogen-bond donors (Lipinski definition) is 0. The van der Waals surface area contributed by atoms with E-state index >= 15 is 0 Å². The van der Waals surface area contributed by atoms with Gasteiger partial charge in [-0.25, -0.2) is 8.42 Å². The Kier molecular flexibility index (Phi) is 6.26. The fourth-order valence-corrected chi connectivity index (χ4v) is 4.74. The van der Waals surface area contributed by atoms with E-state index in [1.54, 1.807) is 31.0 Å². The maximum absolute atomic E-state index is 12.7. The summed E-state index contributed by atoms with van der Waals surface area (Å²) in [4.78, 5) is 17.7. The van der Waals surface area contributed by atoms with Crippen LogP contribution < -0.4 is 9.54 Å². The minimum Gasteiger partial charge on any atom is -0.497 e. The third-order valence-electron chi connectivity index (χ3n) is 4.11. The predicted octanol–water partition coefficient (Wildman–Crippen LogP) is 3.22. The van der Waals surface area contributed by atoms with Gasteiger partial charge in [0.25, 0.3) is 5.91 Å². The fourth-order valence-electron chi connectivity index (χ4n) is 2.67. The summed E-state index contributed by atoms with van der Waals surface area (Å²) in [5.74, 6) is 1.14. The fraction of sp³-hybridized carbons (Fsp3) is 0.263. The lowest BCUT2D eigenvalue weighted by Crippen LogP contribution is -2.18. The number of carbonyl (C=O) groups is 1. The van der Waals surface area contributed by atoms with Crippen LogP contribution >= 0.6 is 23.1 Å². The normalized spacial score (nSPS) is 12.5. The Hall–Kier alpha value is -2.10. The molecule has 3 rings (SSSR count). The monoisotopic (exact) mass is 436 g/mol. The number of amides is 1. The number of thiazole rings is 1. The van der Waals surface area contributed by atoms with Gasteiger partial charge in [-0.2, -0.15) is 16.8 Å². The van der Waals surface area contributed by atoms with Crippen molar-refractivity contribution < 1.29 is 17.9 Å². The minimum atomic E-state index is -3.39. The molecule has 0 saturated heterocycles. The van der Waals surface area contributed by atoms with Crippen LogP contribution in [0.1, 0.15) is 10.4 Å². The molecule has 0 N–H and O–H groups in total. The van der Waals surface area contributed by atoms with Crippen molar-refractivity contribution >= 4 is 49.1 Å². The van der Waals surface area contributed by atoms with E-state index in [9.17, 15) is 13.2 Å². The van der Waals surface area contributed by atoms with Crippen LogP contribution in [0.3, 0.4) is 0 Å². The molecule has 0 aliphatic rings. The van der Waals surface area contributed by atoms with Crippen LogP contribution in [0.5, 0.6) is 5.75 Å². The van der Waals surface area contributed by atoms with Gasteiger partial charge in [0.2, 0.25) is 0 Å². The van der Waals surface area contributed by atoms with Crippen molar-refractivity contribution in [3.63, 3.8) is 0 Å². The van der Waals surface area contributed by atoms with Gasteiger partial charge in [-0.05, 0) is 36.6 Å². The van der Waals surface area contributed by atoms with Crippen molar-refractivity contribution in [1.82, 2.24) is 4.57 Å². The van der Waals surface area contributed by atoms with Crippen molar-refractivity contribution in [1.29, 1.82) is 0 Å². The highest BCUT2D eigenvalue weighted by molar-refractivity contribution is 7.98. The first-order valence-electron chi connectivity index (χ1n) is 8.39. The molecule has 0 unspecified atom stereocenters. The maximum Gasteiger partial charge on any atom is 0.279 e. The summed E-state index contributed by atoms with van der Waals surface area (Å²) in [5, 5.41) is 0. The number of rotatable bonds is 6. The molecule has 0 atom stereocenters. The van der Waals surface area contributed by atoms with Gasteiger partial charge in [0, 0.05) is 30.2 Å². The quantitative estimate of drug-likeness (QED) is 0.593. The molecule has 0 fully saturated rings. The highest BCUT2D eigenvalue weighted by atomic mass is 32.2. The molecule has 148 valence electrons. The second-order valence-electron chi connectivity index (χ2n) is 6.08. The number of aryl methyl sites for hydroxylation is 1. The molecule has 0 saturated carbocycles. The highest BCUT2D eigenvalue weighted by Crippen LogP contribution is 2.23. The van der Waals surface area contributed by atoms with Crippen molar-refractivity contribution in [3.05, 3.63) is 52.8 Å². The van der Waals surface area contributed by atoms with E-state index < -0.39 is 15.7 Å². The third kappa shape index (κ3) is 4.48. The molecule has 1 heterocycles. The lowest BCUT2D eigenvalue weighted by Gasteiger charge is -2.05. The summed E-state index contributed by atoms with van der Waals surface area (Å²) < 4.78 is 31.8. The number of hydrogen-bond acceptors (Lipinski definition) is 6. The highest BCUT2D eigenvalue weighted by Gasteiger charge is 2.13. The van der Waals surface area contributed by atoms with Gasteiger partial charge in [0.15, 0.2) is 14.6 Å². The van der Waals surface area contributed by atoms with E-state index in [1.165, 1.54) is 23.5 Å². The van der Waals surface area contributed by atoms with E-state index in [1.807, 2.05) is 29.0 Å². The van der Waals surface area contributed by atoms with Gasteiger partial charge in [-0.15, -0.1) is 0 Å². The molecule has 0 radical (unpaired) electrons. The summed E-state index contributed by atoms with van der Waals surface area (Å²) in [6.07, 6.45) is 3.14. The Morgan fingerprint density at radius 3 is 2.71 bits per heavy atom. The van der Waals surface area contributed by atoms with E-state index in [2.05, 4.69) is 4.99 Å². The Balaban J connectivity index is 2.11. The van der Waals surface area contributed by atoms with Crippen LogP contribution in [0.25, 0.3) is 10.2 Å². The number of aromatic nitrogens is 1. The van der Waals surface area contributed by atoms with Gasteiger partial charge in [0.05, 0.1) is 22.2 Å². The van der Waals surface area contributed by atoms with Crippen molar-refractivity contribution in [2.75, 3.05) is 25.4 Å². The van der Waals surface area contributed by atoms with Crippen molar-refractivity contribution in [2.24, 2.45) is 4.99 Å². The summed E-state index contributed by atoms with van der Waals surface area (Å²) >= 11 is 3.12. The lowest BCUT2D eigenvalue weighted by molar-refractivity contribution is 0.0997. The van der Waals surface area contributed by atoms with Crippen LogP contribution in [-0.4, -0.2) is 44.3 Å². The number of fused-ring (bicyclic) bond motifs is 1. The number of carbonyl (C=O) groups excluding carboxylic acids is 1. The van der Waals surface area contributed by atoms with Crippen LogP contribution in [0.2, 0.25) is 0 Å². The summed E-state index contributed by atoms with van der Waals surface area (Å²) in [6, 6.07) is 11.7. The SMILES string of the molecule is COc1ccc2sc(=NC(=O)c3cccc(S(C)(=O)=O)c3)n(CCSC)c2c1. The Morgan fingerprint density at radius 2 is 2.04 bits per heavy atom. The van der Waals surface area contributed by atoms with Gasteiger partial charge in [0.1, 0.15) is 5.75 Å². The van der Waals surface area contributed by atoms with Gasteiger partial charge in [-0.1, -0.05) is 17.4 Å². The molecule has 0 aliphatic carbocycles. The zero-order valence-electron chi connectivity index (χ0n) is 15.7. The van der Waals surface area contributed by atoms with Crippen LogP contribution in [0.15, 0.2) is 52.4 Å². The molecule has 0 aliphatic heterocycles. The van der Waals surface area contributed by atoms with Crippen molar-refractivity contribution in [2.45, 2.75) is 11.4 Å². The topological polar surface area (TPSA) is 77.7 Å². The first-order chi connectivity index (χ1) is 13.3. The molecule has 1 amide bonds. The molecule has 9 heteroatoms. The standard InChI is InChI=1S/C19H20N2O4S3/c1-25-14-7-8-17-16(12-14)21(9-10-26-2)19(27-17)20-18(22)13-5-4-6-15(11-13)28(3,23)24/h4-8,11-12H,9-10H2,1-3H3. The molecule has 6 nitrogen and oxygen atoms in total. The van der Waals surface area contributed by atoms with Crippen LogP contribution in [0.4, 0.5) is 0 Å². The minimum absolute atomic E-state index is 0.102. The smallest absolute Gasteiger partial charge is 0.279 e. The maximum atomic E-state index is 12.7. The number of sulfone groups is 1. The average Bonchev–Trinajstić information content (AvgIpc) is 3.01. The molecular weight excluding hydrogens is 416 g/mol. The Morgan fingerprint density at radius 1 is 1.25 bits per heavy atom. The van der Waals surface area contributed by atoms with E-state index in [-0.39, 0.29) is 10.5 Å². The van der Waals surface area contributed by atoms with Crippen LogP contribution in [-0.2, 0) is 16.4 Å². The van der Waals surface area contributed by atoms with Crippen LogP contribution in [0, 0.1) is 0 Å².